The van der Waals surface area contributed by atoms with Crippen molar-refractivity contribution in [3.63, 3.8) is 0 Å². The summed E-state index contributed by atoms with van der Waals surface area (Å²) >= 11 is 0. The van der Waals surface area contributed by atoms with Crippen LogP contribution in [0, 0.1) is 0 Å². The van der Waals surface area contributed by atoms with E-state index in [1.54, 1.807) is 29.4 Å². The van der Waals surface area contributed by atoms with E-state index >= 15 is 0 Å². The zero-order valence-corrected chi connectivity index (χ0v) is 13.2. The molecule has 0 unspecified atom stereocenters. The summed E-state index contributed by atoms with van der Waals surface area (Å²) in [4.78, 5) is 13.2. The quantitative estimate of drug-likeness (QED) is 0.509. The van der Waals surface area contributed by atoms with Crippen LogP contribution in [0.3, 0.4) is 0 Å². The van der Waals surface area contributed by atoms with Crippen molar-refractivity contribution in [1.82, 2.24) is 34.3 Å². The molecule has 0 saturated heterocycles. The summed E-state index contributed by atoms with van der Waals surface area (Å²) < 4.78 is 3.57. The van der Waals surface area contributed by atoms with E-state index < -0.39 is 0 Å². The summed E-state index contributed by atoms with van der Waals surface area (Å²) in [7, 11) is 0. The summed E-state index contributed by atoms with van der Waals surface area (Å²) in [5.74, 6) is 0.646. The van der Waals surface area contributed by atoms with E-state index in [9.17, 15) is 0 Å². The molecule has 0 aliphatic heterocycles. The summed E-state index contributed by atoms with van der Waals surface area (Å²) in [6.45, 7) is 0.666. The van der Waals surface area contributed by atoms with Gasteiger partial charge >= 0.3 is 0 Å². The van der Waals surface area contributed by atoms with Gasteiger partial charge < -0.3 is 0 Å². The molecule has 0 fully saturated rings. The van der Waals surface area contributed by atoms with Crippen LogP contribution in [-0.4, -0.2) is 34.3 Å². The fourth-order valence-electron chi connectivity index (χ4n) is 2.86. The van der Waals surface area contributed by atoms with Crippen LogP contribution in [-0.2, 0) is 6.54 Å². The minimum atomic E-state index is 0.646. The molecule has 0 atom stereocenters. The van der Waals surface area contributed by atoms with E-state index in [-0.39, 0.29) is 0 Å². The minimum Gasteiger partial charge on any atom is -0.265 e. The zero-order chi connectivity index (χ0) is 16.6. The van der Waals surface area contributed by atoms with Gasteiger partial charge in [0.1, 0.15) is 6.33 Å². The molecule has 4 aromatic heterocycles. The van der Waals surface area contributed by atoms with Crippen molar-refractivity contribution in [3.8, 4) is 11.4 Å². The standard InChI is InChI=1S/C18H13N7/c1-2-4-13(5-3-1)11-24-17-15(10-21-24)18-22-16(23-25(18)12-20-17)14-6-8-19-9-7-14/h1-10,12H,11H2. The maximum Gasteiger partial charge on any atom is 0.182 e. The Morgan fingerprint density at radius 3 is 2.60 bits per heavy atom. The number of hydrogen-bond donors (Lipinski definition) is 0. The molecular formula is C18H13N7. The van der Waals surface area contributed by atoms with Crippen molar-refractivity contribution in [1.29, 1.82) is 0 Å². The lowest BCUT2D eigenvalue weighted by Crippen LogP contribution is -2.03. The van der Waals surface area contributed by atoms with Crippen molar-refractivity contribution in [2.24, 2.45) is 0 Å². The second-order valence-corrected chi connectivity index (χ2v) is 5.71. The Balaban J connectivity index is 1.63. The molecule has 0 saturated carbocycles. The molecule has 0 amide bonds. The molecule has 5 rings (SSSR count). The topological polar surface area (TPSA) is 73.8 Å². The number of aromatic nitrogens is 7. The fraction of sp³-hybridized carbons (Fsp3) is 0.0556. The highest BCUT2D eigenvalue weighted by molar-refractivity contribution is 5.89. The summed E-state index contributed by atoms with van der Waals surface area (Å²) in [5, 5.41) is 9.87. The SMILES string of the molecule is c1ccc(Cn2ncc3c2ncn2nc(-c4ccncc4)nc32)cc1. The average Bonchev–Trinajstić information content (AvgIpc) is 3.27. The molecule has 7 nitrogen and oxygen atoms in total. The second kappa shape index (κ2) is 5.48. The monoisotopic (exact) mass is 327 g/mol. The van der Waals surface area contributed by atoms with Crippen LogP contribution in [0.4, 0.5) is 0 Å². The van der Waals surface area contributed by atoms with E-state index in [0.29, 0.717) is 12.4 Å². The van der Waals surface area contributed by atoms with E-state index in [0.717, 1.165) is 22.2 Å². The first-order chi connectivity index (χ1) is 12.4. The molecule has 0 aliphatic carbocycles. The van der Waals surface area contributed by atoms with Crippen LogP contribution in [0.1, 0.15) is 5.56 Å². The van der Waals surface area contributed by atoms with Crippen molar-refractivity contribution < 1.29 is 0 Å². The molecular weight excluding hydrogens is 314 g/mol. The van der Waals surface area contributed by atoms with E-state index in [4.69, 9.17) is 0 Å². The van der Waals surface area contributed by atoms with E-state index in [1.165, 1.54) is 5.56 Å². The number of pyridine rings is 1. The van der Waals surface area contributed by atoms with Gasteiger partial charge in [0.2, 0.25) is 0 Å². The Kier molecular flexibility index (Phi) is 3.03. The number of hydrogen-bond acceptors (Lipinski definition) is 5. The highest BCUT2D eigenvalue weighted by atomic mass is 15.3. The first-order valence-corrected chi connectivity index (χ1v) is 7.90. The maximum atomic E-state index is 4.66. The van der Waals surface area contributed by atoms with Crippen LogP contribution in [0.2, 0.25) is 0 Å². The normalized spacial score (nSPS) is 11.4. The van der Waals surface area contributed by atoms with Gasteiger partial charge in [-0.3, -0.25) is 4.98 Å². The lowest BCUT2D eigenvalue weighted by Gasteiger charge is -2.02. The third kappa shape index (κ3) is 2.33. The highest BCUT2D eigenvalue weighted by Crippen LogP contribution is 2.20. The van der Waals surface area contributed by atoms with Crippen molar-refractivity contribution in [2.75, 3.05) is 0 Å². The first kappa shape index (κ1) is 13.8. The summed E-state index contributed by atoms with van der Waals surface area (Å²) in [6, 6.07) is 14.0. The smallest absolute Gasteiger partial charge is 0.182 e. The maximum absolute atomic E-state index is 4.66. The average molecular weight is 327 g/mol. The van der Waals surface area contributed by atoms with Crippen LogP contribution in [0.5, 0.6) is 0 Å². The number of rotatable bonds is 3. The fourth-order valence-corrected chi connectivity index (χ4v) is 2.86. The molecule has 5 aromatic rings. The molecule has 7 heteroatoms. The number of fused-ring (bicyclic) bond motifs is 3. The van der Waals surface area contributed by atoms with Gasteiger partial charge in [-0.05, 0) is 17.7 Å². The van der Waals surface area contributed by atoms with Gasteiger partial charge in [0.05, 0.1) is 18.1 Å². The predicted molar refractivity (Wildman–Crippen MR) is 92.8 cm³/mol. The van der Waals surface area contributed by atoms with Crippen LogP contribution in [0.25, 0.3) is 28.1 Å². The van der Waals surface area contributed by atoms with Crippen molar-refractivity contribution in [2.45, 2.75) is 6.54 Å². The number of nitrogens with zero attached hydrogens (tertiary/aromatic N) is 7. The largest absolute Gasteiger partial charge is 0.265 e. The Morgan fingerprint density at radius 2 is 1.76 bits per heavy atom. The highest BCUT2D eigenvalue weighted by Gasteiger charge is 2.13. The van der Waals surface area contributed by atoms with Gasteiger partial charge in [-0.1, -0.05) is 30.3 Å². The molecule has 0 bridgehead atoms. The first-order valence-electron chi connectivity index (χ1n) is 7.90. The van der Waals surface area contributed by atoms with Crippen molar-refractivity contribution >= 4 is 16.7 Å². The third-order valence-corrected chi connectivity index (χ3v) is 4.09. The van der Waals surface area contributed by atoms with Gasteiger partial charge in [0.25, 0.3) is 0 Å². The molecule has 0 radical (unpaired) electrons. The van der Waals surface area contributed by atoms with Crippen LogP contribution in [0.15, 0.2) is 67.4 Å². The molecule has 1 aromatic carbocycles. The Bertz CT molecular complexity index is 1160. The third-order valence-electron chi connectivity index (χ3n) is 4.09. The Labute approximate surface area is 142 Å². The van der Waals surface area contributed by atoms with E-state index in [1.807, 2.05) is 35.0 Å². The molecule has 0 N–H and O–H groups in total. The molecule has 25 heavy (non-hydrogen) atoms. The van der Waals surface area contributed by atoms with Gasteiger partial charge in [0, 0.05) is 18.0 Å². The van der Waals surface area contributed by atoms with Crippen molar-refractivity contribution in [3.05, 3.63) is 72.9 Å². The van der Waals surface area contributed by atoms with Gasteiger partial charge in [0.15, 0.2) is 17.1 Å². The number of benzene rings is 1. The molecule has 120 valence electrons. The predicted octanol–water partition coefficient (Wildman–Crippen LogP) is 2.58. The van der Waals surface area contributed by atoms with Crippen LogP contribution < -0.4 is 0 Å². The Hall–Kier alpha value is -3.61. The lowest BCUT2D eigenvalue weighted by molar-refractivity contribution is 0.702. The minimum absolute atomic E-state index is 0.646. The van der Waals surface area contributed by atoms with Gasteiger partial charge in [-0.2, -0.15) is 5.10 Å². The zero-order valence-electron chi connectivity index (χ0n) is 13.2. The Morgan fingerprint density at radius 1 is 0.920 bits per heavy atom. The molecule has 0 spiro atoms. The van der Waals surface area contributed by atoms with E-state index in [2.05, 4.69) is 37.3 Å². The second-order valence-electron chi connectivity index (χ2n) is 5.71. The van der Waals surface area contributed by atoms with Crippen LogP contribution >= 0.6 is 0 Å². The summed E-state index contributed by atoms with van der Waals surface area (Å²) in [6.07, 6.45) is 6.93. The lowest BCUT2D eigenvalue weighted by atomic mass is 10.2. The van der Waals surface area contributed by atoms with Gasteiger partial charge in [-0.15, -0.1) is 5.10 Å². The molecule has 4 heterocycles. The van der Waals surface area contributed by atoms with Gasteiger partial charge in [-0.25, -0.2) is 19.2 Å². The summed E-state index contributed by atoms with van der Waals surface area (Å²) in [5.41, 5.74) is 3.64. The molecule has 0 aliphatic rings.